The van der Waals surface area contributed by atoms with E-state index in [0.717, 1.165) is 12.0 Å². The predicted octanol–water partition coefficient (Wildman–Crippen LogP) is 3.48. The van der Waals surface area contributed by atoms with Gasteiger partial charge in [0.2, 0.25) is 5.91 Å². The SMILES string of the molecule is O=C(/C=C/c1ccc(Cl)cc1)N1CC[C@@H](Oc2ncc(Cl)cn2)C1. The lowest BCUT2D eigenvalue weighted by Crippen LogP contribution is -2.29. The van der Waals surface area contributed by atoms with Gasteiger partial charge in [0.15, 0.2) is 0 Å². The summed E-state index contributed by atoms with van der Waals surface area (Å²) >= 11 is 11.6. The van der Waals surface area contributed by atoms with E-state index in [0.29, 0.717) is 23.1 Å². The van der Waals surface area contributed by atoms with Crippen molar-refractivity contribution in [3.05, 3.63) is 58.3 Å². The zero-order chi connectivity index (χ0) is 16.9. The highest BCUT2D eigenvalue weighted by molar-refractivity contribution is 6.30. The fourth-order valence-electron chi connectivity index (χ4n) is 2.38. The van der Waals surface area contributed by atoms with Gasteiger partial charge in [0.25, 0.3) is 0 Å². The summed E-state index contributed by atoms with van der Waals surface area (Å²) in [4.78, 5) is 22.0. The number of halogens is 2. The molecule has 124 valence electrons. The van der Waals surface area contributed by atoms with Crippen LogP contribution in [0.1, 0.15) is 12.0 Å². The van der Waals surface area contributed by atoms with Crippen molar-refractivity contribution < 1.29 is 9.53 Å². The van der Waals surface area contributed by atoms with Crippen molar-refractivity contribution in [2.45, 2.75) is 12.5 Å². The number of rotatable bonds is 4. The van der Waals surface area contributed by atoms with Crippen molar-refractivity contribution in [2.24, 2.45) is 0 Å². The van der Waals surface area contributed by atoms with Gasteiger partial charge in [-0.1, -0.05) is 35.3 Å². The molecule has 1 amide bonds. The number of hydrogen-bond acceptors (Lipinski definition) is 4. The first kappa shape index (κ1) is 16.7. The first-order chi connectivity index (χ1) is 11.6. The van der Waals surface area contributed by atoms with Crippen molar-refractivity contribution in [1.29, 1.82) is 0 Å². The van der Waals surface area contributed by atoms with Gasteiger partial charge < -0.3 is 9.64 Å². The standard InChI is InChI=1S/C17H15Cl2N3O2/c18-13-4-1-12(2-5-13)3-6-16(23)22-8-7-15(11-22)24-17-20-9-14(19)10-21-17/h1-6,9-10,15H,7-8,11H2/b6-3+/t15-/m1/s1. The molecule has 1 aliphatic rings. The number of ether oxygens (including phenoxy) is 1. The third kappa shape index (κ3) is 4.46. The Morgan fingerprint density at radius 1 is 1.17 bits per heavy atom. The number of hydrogen-bond donors (Lipinski definition) is 0. The van der Waals surface area contributed by atoms with Crippen molar-refractivity contribution >= 4 is 35.2 Å². The monoisotopic (exact) mass is 363 g/mol. The van der Waals surface area contributed by atoms with Crippen LogP contribution in [-0.4, -0.2) is 40.0 Å². The number of aromatic nitrogens is 2. The molecule has 0 unspecified atom stereocenters. The van der Waals surface area contributed by atoms with Crippen LogP contribution in [0.4, 0.5) is 0 Å². The molecule has 3 rings (SSSR count). The Morgan fingerprint density at radius 2 is 1.88 bits per heavy atom. The summed E-state index contributed by atoms with van der Waals surface area (Å²) < 4.78 is 5.67. The summed E-state index contributed by atoms with van der Waals surface area (Å²) in [6.45, 7) is 1.15. The minimum absolute atomic E-state index is 0.0481. The van der Waals surface area contributed by atoms with Gasteiger partial charge >= 0.3 is 6.01 Å². The summed E-state index contributed by atoms with van der Waals surface area (Å²) in [5.41, 5.74) is 0.925. The maximum Gasteiger partial charge on any atom is 0.316 e. The van der Waals surface area contributed by atoms with Gasteiger partial charge in [-0.25, -0.2) is 9.97 Å². The summed E-state index contributed by atoms with van der Waals surface area (Å²) in [5, 5.41) is 1.13. The summed E-state index contributed by atoms with van der Waals surface area (Å²) in [7, 11) is 0. The first-order valence-corrected chi connectivity index (χ1v) is 8.22. The Kier molecular flexibility index (Phi) is 5.33. The number of likely N-dealkylation sites (tertiary alicyclic amines) is 1. The molecular formula is C17H15Cl2N3O2. The molecule has 1 aliphatic heterocycles. The third-order valence-corrected chi connectivity index (χ3v) is 4.06. The quantitative estimate of drug-likeness (QED) is 0.780. The lowest BCUT2D eigenvalue weighted by molar-refractivity contribution is -0.125. The molecular weight excluding hydrogens is 349 g/mol. The molecule has 0 spiro atoms. The van der Waals surface area contributed by atoms with Crippen molar-refractivity contribution in [2.75, 3.05) is 13.1 Å². The molecule has 0 saturated carbocycles. The minimum atomic E-state index is -0.112. The van der Waals surface area contributed by atoms with Crippen LogP contribution in [0, 0.1) is 0 Å². The smallest absolute Gasteiger partial charge is 0.316 e. The molecule has 0 bridgehead atoms. The Bertz CT molecular complexity index is 733. The van der Waals surface area contributed by atoms with Gasteiger partial charge in [0, 0.05) is 24.1 Å². The van der Waals surface area contributed by atoms with Gasteiger partial charge in [-0.3, -0.25) is 4.79 Å². The molecule has 1 atom stereocenters. The van der Waals surface area contributed by atoms with Gasteiger partial charge in [-0.05, 0) is 23.8 Å². The van der Waals surface area contributed by atoms with Crippen LogP contribution in [0.25, 0.3) is 6.08 Å². The largest absolute Gasteiger partial charge is 0.458 e. The van der Waals surface area contributed by atoms with Gasteiger partial charge in [-0.15, -0.1) is 0 Å². The molecule has 0 N–H and O–H groups in total. The highest BCUT2D eigenvalue weighted by Crippen LogP contribution is 2.17. The highest BCUT2D eigenvalue weighted by atomic mass is 35.5. The molecule has 1 fully saturated rings. The molecule has 24 heavy (non-hydrogen) atoms. The number of nitrogens with zero attached hydrogens (tertiary/aromatic N) is 3. The number of amides is 1. The van der Waals surface area contributed by atoms with Crippen LogP contribution in [0.3, 0.4) is 0 Å². The van der Waals surface area contributed by atoms with Crippen LogP contribution in [0.2, 0.25) is 10.0 Å². The predicted molar refractivity (Wildman–Crippen MR) is 93.1 cm³/mol. The van der Waals surface area contributed by atoms with E-state index in [2.05, 4.69) is 9.97 Å². The Morgan fingerprint density at radius 3 is 2.58 bits per heavy atom. The fourth-order valence-corrected chi connectivity index (χ4v) is 2.61. The average Bonchev–Trinajstić information content (AvgIpc) is 3.05. The van der Waals surface area contributed by atoms with Crippen molar-refractivity contribution in [1.82, 2.24) is 14.9 Å². The second-order valence-corrected chi connectivity index (χ2v) is 6.25. The van der Waals surface area contributed by atoms with Crippen molar-refractivity contribution in [3.63, 3.8) is 0 Å². The Hall–Kier alpha value is -2.11. The Labute approximate surface area is 149 Å². The molecule has 2 heterocycles. The van der Waals surface area contributed by atoms with Gasteiger partial charge in [0.05, 0.1) is 24.0 Å². The van der Waals surface area contributed by atoms with E-state index in [9.17, 15) is 4.79 Å². The first-order valence-electron chi connectivity index (χ1n) is 7.47. The van der Waals surface area contributed by atoms with E-state index in [4.69, 9.17) is 27.9 Å². The van der Waals surface area contributed by atoms with E-state index < -0.39 is 0 Å². The molecule has 0 radical (unpaired) electrons. The maximum absolute atomic E-state index is 12.2. The van der Waals surface area contributed by atoms with E-state index in [-0.39, 0.29) is 18.0 Å². The number of carbonyl (C=O) groups is 1. The molecule has 0 aliphatic carbocycles. The minimum Gasteiger partial charge on any atom is -0.458 e. The zero-order valence-electron chi connectivity index (χ0n) is 12.7. The number of benzene rings is 1. The summed E-state index contributed by atoms with van der Waals surface area (Å²) in [5.74, 6) is -0.0481. The van der Waals surface area contributed by atoms with Crippen LogP contribution in [0.5, 0.6) is 6.01 Å². The van der Waals surface area contributed by atoms with E-state index in [1.807, 2.05) is 12.1 Å². The van der Waals surface area contributed by atoms with E-state index in [1.165, 1.54) is 12.4 Å². The van der Waals surface area contributed by atoms with Crippen LogP contribution >= 0.6 is 23.2 Å². The molecule has 1 saturated heterocycles. The summed E-state index contributed by atoms with van der Waals surface area (Å²) in [6, 6.07) is 7.57. The normalized spacial score (nSPS) is 17.4. The van der Waals surface area contributed by atoms with E-state index >= 15 is 0 Å². The van der Waals surface area contributed by atoms with Crippen LogP contribution < -0.4 is 4.74 Å². The highest BCUT2D eigenvalue weighted by Gasteiger charge is 2.27. The zero-order valence-corrected chi connectivity index (χ0v) is 14.2. The van der Waals surface area contributed by atoms with Gasteiger partial charge in [-0.2, -0.15) is 0 Å². The molecule has 1 aromatic heterocycles. The van der Waals surface area contributed by atoms with Crippen molar-refractivity contribution in [3.8, 4) is 6.01 Å². The molecule has 7 heteroatoms. The van der Waals surface area contributed by atoms with Crippen LogP contribution in [0.15, 0.2) is 42.7 Å². The second-order valence-electron chi connectivity index (χ2n) is 5.38. The summed E-state index contributed by atoms with van der Waals surface area (Å²) in [6.07, 6.45) is 6.93. The maximum atomic E-state index is 12.2. The third-order valence-electron chi connectivity index (χ3n) is 3.61. The molecule has 5 nitrogen and oxygen atoms in total. The second kappa shape index (κ2) is 7.64. The average molecular weight is 364 g/mol. The molecule has 2 aromatic rings. The lowest BCUT2D eigenvalue weighted by atomic mass is 10.2. The Balaban J connectivity index is 1.53. The van der Waals surface area contributed by atoms with E-state index in [1.54, 1.807) is 29.2 Å². The lowest BCUT2D eigenvalue weighted by Gasteiger charge is -2.14. The molecule has 1 aromatic carbocycles. The number of carbonyl (C=O) groups excluding carboxylic acids is 1. The van der Waals surface area contributed by atoms with Gasteiger partial charge in [0.1, 0.15) is 6.10 Å². The fraction of sp³-hybridized carbons (Fsp3) is 0.235. The topological polar surface area (TPSA) is 55.3 Å². The van der Waals surface area contributed by atoms with Crippen LogP contribution in [-0.2, 0) is 4.79 Å².